The number of nitrogens with one attached hydrogen (secondary N) is 1. The molecule has 2 aromatic carbocycles. The molecule has 4 heteroatoms. The van der Waals surface area contributed by atoms with E-state index in [0.717, 1.165) is 12.8 Å². The minimum absolute atomic E-state index is 0.00390. The molecule has 26 heavy (non-hydrogen) atoms. The van der Waals surface area contributed by atoms with Crippen LogP contribution in [0.15, 0.2) is 54.6 Å². The maximum Gasteiger partial charge on any atom is 0.238 e. The van der Waals surface area contributed by atoms with Crippen molar-refractivity contribution in [3.05, 3.63) is 71.3 Å². The van der Waals surface area contributed by atoms with Gasteiger partial charge in [-0.05, 0) is 42.4 Å². The molecule has 4 nitrogen and oxygen atoms in total. The van der Waals surface area contributed by atoms with Crippen LogP contribution in [0.25, 0.3) is 0 Å². The Balaban J connectivity index is 1.36. The molecule has 0 unspecified atom stereocenters. The molecule has 2 aromatic rings. The first-order valence-electron chi connectivity index (χ1n) is 9.37. The molecule has 0 radical (unpaired) electrons. The molecule has 0 aromatic heterocycles. The Hall–Kier alpha value is -2.62. The Kier molecular flexibility index (Phi) is 4.49. The van der Waals surface area contributed by atoms with Gasteiger partial charge in [0.05, 0.1) is 0 Å². The Labute approximate surface area is 154 Å². The molecule has 0 bridgehead atoms. The number of carbonyl (C=O) groups is 2. The summed E-state index contributed by atoms with van der Waals surface area (Å²) in [7, 11) is 0. The van der Waals surface area contributed by atoms with E-state index in [4.69, 9.17) is 0 Å². The van der Waals surface area contributed by atoms with E-state index in [-0.39, 0.29) is 11.8 Å². The normalized spacial score (nSPS) is 17.3. The van der Waals surface area contributed by atoms with Crippen molar-refractivity contribution in [2.45, 2.75) is 32.2 Å². The van der Waals surface area contributed by atoms with Gasteiger partial charge < -0.3 is 10.2 Å². The topological polar surface area (TPSA) is 49.4 Å². The summed E-state index contributed by atoms with van der Waals surface area (Å²) in [4.78, 5) is 27.6. The highest BCUT2D eigenvalue weighted by molar-refractivity contribution is 6.07. The fraction of sp³-hybridized carbons (Fsp3) is 0.364. The second-order valence-electron chi connectivity index (χ2n) is 7.32. The summed E-state index contributed by atoms with van der Waals surface area (Å²) < 4.78 is 0. The van der Waals surface area contributed by atoms with Crippen LogP contribution in [-0.2, 0) is 29.0 Å². The molecule has 1 aliphatic heterocycles. The lowest BCUT2D eigenvalue weighted by atomic mass is 9.97. The second kappa shape index (κ2) is 6.94. The predicted molar refractivity (Wildman–Crippen MR) is 100 cm³/mol. The van der Waals surface area contributed by atoms with Crippen LogP contribution in [0.3, 0.4) is 0 Å². The van der Waals surface area contributed by atoms with E-state index in [9.17, 15) is 9.59 Å². The molecule has 4 rings (SSSR count). The van der Waals surface area contributed by atoms with Crippen LogP contribution in [0.5, 0.6) is 0 Å². The van der Waals surface area contributed by atoms with E-state index < -0.39 is 5.41 Å². The molecule has 1 aliphatic carbocycles. The van der Waals surface area contributed by atoms with E-state index in [1.165, 1.54) is 16.7 Å². The average molecular weight is 348 g/mol. The van der Waals surface area contributed by atoms with Crippen molar-refractivity contribution in [3.63, 3.8) is 0 Å². The Morgan fingerprint density at radius 3 is 2.38 bits per heavy atom. The minimum atomic E-state index is -0.816. The summed E-state index contributed by atoms with van der Waals surface area (Å²) in [5.41, 5.74) is 2.89. The highest BCUT2D eigenvalue weighted by atomic mass is 16.2. The van der Waals surface area contributed by atoms with Gasteiger partial charge in [0.15, 0.2) is 0 Å². The van der Waals surface area contributed by atoms with Gasteiger partial charge in [-0.2, -0.15) is 0 Å². The standard InChI is InChI=1S/C22H24N2O2/c25-20(23-14-10-17-6-2-1-3-7-17)22(12-13-22)21(26)24-15-11-18-8-4-5-9-19(18)16-24/h1-9H,10-16H2,(H,23,25). The molecule has 2 aliphatic rings. The molecule has 1 heterocycles. The van der Waals surface area contributed by atoms with Gasteiger partial charge in [-0.1, -0.05) is 54.6 Å². The molecule has 2 amide bonds. The summed E-state index contributed by atoms with van der Waals surface area (Å²) in [6.07, 6.45) is 2.99. The van der Waals surface area contributed by atoms with Crippen LogP contribution >= 0.6 is 0 Å². The summed E-state index contributed by atoms with van der Waals surface area (Å²) in [5.74, 6) is -0.0958. The Morgan fingerprint density at radius 1 is 0.962 bits per heavy atom. The third-order valence-electron chi connectivity index (χ3n) is 5.55. The molecule has 0 saturated heterocycles. The van der Waals surface area contributed by atoms with Gasteiger partial charge in [-0.25, -0.2) is 0 Å². The monoisotopic (exact) mass is 348 g/mol. The van der Waals surface area contributed by atoms with Gasteiger partial charge in [0.1, 0.15) is 5.41 Å². The maximum absolute atomic E-state index is 13.0. The number of hydrogen-bond donors (Lipinski definition) is 1. The second-order valence-corrected chi connectivity index (χ2v) is 7.32. The number of nitrogens with zero attached hydrogens (tertiary/aromatic N) is 1. The lowest BCUT2D eigenvalue weighted by Crippen LogP contribution is -2.47. The highest BCUT2D eigenvalue weighted by Crippen LogP contribution is 2.48. The van der Waals surface area contributed by atoms with E-state index in [1.807, 2.05) is 35.2 Å². The van der Waals surface area contributed by atoms with Crippen LogP contribution in [0.1, 0.15) is 29.5 Å². The fourth-order valence-corrected chi connectivity index (χ4v) is 3.77. The van der Waals surface area contributed by atoms with Crippen molar-refractivity contribution in [3.8, 4) is 0 Å². The minimum Gasteiger partial charge on any atom is -0.355 e. The molecule has 0 atom stereocenters. The average Bonchev–Trinajstić information content (AvgIpc) is 3.50. The van der Waals surface area contributed by atoms with E-state index in [1.54, 1.807) is 0 Å². The van der Waals surface area contributed by atoms with E-state index in [0.29, 0.717) is 32.5 Å². The van der Waals surface area contributed by atoms with Crippen molar-refractivity contribution in [2.24, 2.45) is 5.41 Å². The zero-order chi connectivity index (χ0) is 18.0. The van der Waals surface area contributed by atoms with Crippen LogP contribution in [0, 0.1) is 5.41 Å². The van der Waals surface area contributed by atoms with Gasteiger partial charge in [0.25, 0.3) is 0 Å². The molecule has 134 valence electrons. The Bertz CT molecular complexity index is 812. The van der Waals surface area contributed by atoms with Gasteiger partial charge in [0, 0.05) is 19.6 Å². The predicted octanol–water partition coefficient (Wildman–Crippen LogP) is 2.71. The summed E-state index contributed by atoms with van der Waals surface area (Å²) in [6, 6.07) is 18.3. The highest BCUT2D eigenvalue weighted by Gasteiger charge is 2.58. The van der Waals surface area contributed by atoms with Crippen molar-refractivity contribution in [1.82, 2.24) is 10.2 Å². The van der Waals surface area contributed by atoms with Crippen LogP contribution in [0.2, 0.25) is 0 Å². The molecule has 1 saturated carbocycles. The molecular formula is C22H24N2O2. The van der Waals surface area contributed by atoms with Crippen molar-refractivity contribution in [2.75, 3.05) is 13.1 Å². The van der Waals surface area contributed by atoms with Crippen molar-refractivity contribution >= 4 is 11.8 Å². The SMILES string of the molecule is O=C(NCCc1ccccc1)C1(C(=O)N2CCc3ccccc3C2)CC1. The zero-order valence-corrected chi connectivity index (χ0v) is 14.9. The van der Waals surface area contributed by atoms with Gasteiger partial charge in [0.2, 0.25) is 11.8 Å². The van der Waals surface area contributed by atoms with Crippen LogP contribution in [-0.4, -0.2) is 29.8 Å². The van der Waals surface area contributed by atoms with Gasteiger partial charge >= 0.3 is 0 Å². The number of fused-ring (bicyclic) bond motifs is 1. The number of benzene rings is 2. The molecular weight excluding hydrogens is 324 g/mol. The summed E-state index contributed by atoms with van der Waals surface area (Å²) in [5, 5.41) is 2.99. The van der Waals surface area contributed by atoms with Crippen LogP contribution < -0.4 is 5.32 Å². The molecule has 0 spiro atoms. The van der Waals surface area contributed by atoms with Crippen molar-refractivity contribution in [1.29, 1.82) is 0 Å². The lowest BCUT2D eigenvalue weighted by Gasteiger charge is -2.31. The smallest absolute Gasteiger partial charge is 0.238 e. The maximum atomic E-state index is 13.0. The number of hydrogen-bond acceptors (Lipinski definition) is 2. The first-order chi connectivity index (χ1) is 12.7. The first-order valence-corrected chi connectivity index (χ1v) is 9.37. The zero-order valence-electron chi connectivity index (χ0n) is 14.9. The van der Waals surface area contributed by atoms with Crippen molar-refractivity contribution < 1.29 is 9.59 Å². The lowest BCUT2D eigenvalue weighted by molar-refractivity contribution is -0.145. The Morgan fingerprint density at radius 2 is 1.65 bits per heavy atom. The van der Waals surface area contributed by atoms with E-state index in [2.05, 4.69) is 29.6 Å². The summed E-state index contributed by atoms with van der Waals surface area (Å²) in [6.45, 7) is 1.89. The third-order valence-corrected chi connectivity index (χ3v) is 5.55. The molecule has 1 N–H and O–H groups in total. The molecule has 1 fully saturated rings. The van der Waals surface area contributed by atoms with Crippen LogP contribution in [0.4, 0.5) is 0 Å². The van der Waals surface area contributed by atoms with Gasteiger partial charge in [-0.15, -0.1) is 0 Å². The van der Waals surface area contributed by atoms with E-state index >= 15 is 0 Å². The summed E-state index contributed by atoms with van der Waals surface area (Å²) >= 11 is 0. The number of rotatable bonds is 5. The third kappa shape index (κ3) is 3.24. The first kappa shape index (κ1) is 16.8. The number of amides is 2. The largest absolute Gasteiger partial charge is 0.355 e. The fourth-order valence-electron chi connectivity index (χ4n) is 3.77. The number of carbonyl (C=O) groups excluding carboxylic acids is 2. The van der Waals surface area contributed by atoms with Gasteiger partial charge in [-0.3, -0.25) is 9.59 Å². The quantitative estimate of drug-likeness (QED) is 0.845.